The van der Waals surface area contributed by atoms with Crippen molar-refractivity contribution in [2.75, 3.05) is 13.7 Å². The zero-order chi connectivity index (χ0) is 23.4. The lowest BCUT2D eigenvalue weighted by molar-refractivity contribution is -0.141. The molecule has 1 aliphatic heterocycles. The van der Waals surface area contributed by atoms with Gasteiger partial charge in [0.2, 0.25) is 0 Å². The third kappa shape index (κ3) is 3.62. The third-order valence-corrected chi connectivity index (χ3v) is 6.04. The van der Waals surface area contributed by atoms with Crippen LogP contribution in [0.3, 0.4) is 0 Å². The molecule has 1 atom stereocenters. The third-order valence-electron chi connectivity index (χ3n) is 5.72. The molecule has 0 radical (unpaired) electrons. The van der Waals surface area contributed by atoms with E-state index in [-0.39, 0.29) is 17.0 Å². The molecule has 0 fully saturated rings. The molecule has 0 bridgehead atoms. The van der Waals surface area contributed by atoms with Crippen molar-refractivity contribution < 1.29 is 22.7 Å². The summed E-state index contributed by atoms with van der Waals surface area (Å²) in [5, 5.41) is 8.44. The standard InChI is InChI=1S/C21H21ClF3N5O2/c1-11-18-14(7-8-30(11)20(31)13-6-5-12(32-4)9-15(13)22)19(29(3)27-18)16-10-17(21(23,24)25)26-28(16)2/h5-6,9-11H,7-8H2,1-4H3. The fourth-order valence-corrected chi connectivity index (χ4v) is 4.37. The number of amides is 1. The molecule has 1 aliphatic rings. The van der Waals surface area contributed by atoms with Crippen LogP contribution in [0.2, 0.25) is 5.02 Å². The minimum Gasteiger partial charge on any atom is -0.497 e. The summed E-state index contributed by atoms with van der Waals surface area (Å²) >= 11 is 6.29. The molecule has 3 aromatic rings. The Labute approximate surface area is 187 Å². The number of alkyl halides is 3. The first-order chi connectivity index (χ1) is 15.0. The van der Waals surface area contributed by atoms with Crippen molar-refractivity contribution in [1.82, 2.24) is 24.5 Å². The van der Waals surface area contributed by atoms with E-state index in [4.69, 9.17) is 16.3 Å². The van der Waals surface area contributed by atoms with Gasteiger partial charge in [-0.3, -0.25) is 14.2 Å². The highest BCUT2D eigenvalue weighted by Crippen LogP contribution is 2.38. The van der Waals surface area contributed by atoms with Crippen LogP contribution < -0.4 is 4.74 Å². The molecule has 4 rings (SSSR count). The molecular formula is C21H21ClF3N5O2. The van der Waals surface area contributed by atoms with Crippen molar-refractivity contribution in [3.05, 3.63) is 51.8 Å². The molecule has 0 saturated heterocycles. The number of benzene rings is 1. The molecule has 0 aliphatic carbocycles. The molecule has 0 saturated carbocycles. The highest BCUT2D eigenvalue weighted by atomic mass is 35.5. The van der Waals surface area contributed by atoms with Crippen LogP contribution in [0, 0.1) is 0 Å². The minimum absolute atomic E-state index is 0.247. The number of hydrogen-bond donors (Lipinski definition) is 0. The Morgan fingerprint density at radius 2 is 1.91 bits per heavy atom. The molecule has 170 valence electrons. The number of hydrogen-bond acceptors (Lipinski definition) is 4. The van der Waals surface area contributed by atoms with Crippen LogP contribution in [-0.2, 0) is 26.7 Å². The summed E-state index contributed by atoms with van der Waals surface area (Å²) in [7, 11) is 4.66. The molecule has 1 amide bonds. The summed E-state index contributed by atoms with van der Waals surface area (Å²) in [5.41, 5.74) is 1.72. The van der Waals surface area contributed by atoms with Gasteiger partial charge in [0.25, 0.3) is 5.91 Å². The molecule has 0 spiro atoms. The highest BCUT2D eigenvalue weighted by Gasteiger charge is 2.37. The maximum atomic E-state index is 13.2. The van der Waals surface area contributed by atoms with Gasteiger partial charge in [0, 0.05) is 26.2 Å². The van der Waals surface area contributed by atoms with Crippen LogP contribution >= 0.6 is 11.6 Å². The molecule has 1 aromatic carbocycles. The number of halogens is 4. The molecule has 11 heteroatoms. The maximum Gasteiger partial charge on any atom is 0.435 e. The Hall–Kier alpha value is -3.01. The van der Waals surface area contributed by atoms with Crippen molar-refractivity contribution in [3.8, 4) is 17.1 Å². The van der Waals surface area contributed by atoms with E-state index in [1.54, 1.807) is 34.8 Å². The average molecular weight is 468 g/mol. The lowest BCUT2D eigenvalue weighted by Gasteiger charge is -2.33. The summed E-state index contributed by atoms with van der Waals surface area (Å²) in [6.07, 6.45) is -4.10. The number of carbonyl (C=O) groups is 1. The summed E-state index contributed by atoms with van der Waals surface area (Å²) < 4.78 is 47.3. The Kier molecular flexibility index (Phi) is 5.44. The normalized spacial score (nSPS) is 16.2. The highest BCUT2D eigenvalue weighted by molar-refractivity contribution is 6.34. The van der Waals surface area contributed by atoms with E-state index >= 15 is 0 Å². The predicted octanol–water partition coefficient (Wildman–Crippen LogP) is 4.26. The second-order valence-electron chi connectivity index (χ2n) is 7.64. The van der Waals surface area contributed by atoms with Gasteiger partial charge in [0.1, 0.15) is 5.75 Å². The molecular weight excluding hydrogens is 447 g/mol. The Morgan fingerprint density at radius 3 is 2.50 bits per heavy atom. The van der Waals surface area contributed by atoms with Crippen LogP contribution in [-0.4, -0.2) is 44.0 Å². The largest absolute Gasteiger partial charge is 0.497 e. The van der Waals surface area contributed by atoms with Gasteiger partial charge in [-0.1, -0.05) is 11.6 Å². The average Bonchev–Trinajstić information content (AvgIpc) is 3.27. The second kappa shape index (κ2) is 7.84. The molecule has 7 nitrogen and oxygen atoms in total. The number of aromatic nitrogens is 4. The molecule has 0 N–H and O–H groups in total. The SMILES string of the molecule is COc1ccc(C(=O)N2CCc3c(nn(C)c3-c3cc(C(F)(F)F)nn3C)C2C)c(Cl)c1. The quantitative estimate of drug-likeness (QED) is 0.577. The van der Waals surface area contributed by atoms with Gasteiger partial charge in [-0.15, -0.1) is 0 Å². The van der Waals surface area contributed by atoms with Gasteiger partial charge in [0.05, 0.1) is 40.8 Å². The smallest absolute Gasteiger partial charge is 0.435 e. The summed E-state index contributed by atoms with van der Waals surface area (Å²) in [5.74, 6) is 0.298. The lowest BCUT2D eigenvalue weighted by Crippen LogP contribution is -2.39. The van der Waals surface area contributed by atoms with Crippen LogP contribution in [0.4, 0.5) is 13.2 Å². The van der Waals surface area contributed by atoms with Crippen LogP contribution in [0.1, 0.15) is 40.3 Å². The van der Waals surface area contributed by atoms with E-state index in [1.807, 2.05) is 6.92 Å². The first kappa shape index (κ1) is 22.2. The fraction of sp³-hybridized carbons (Fsp3) is 0.381. The van der Waals surface area contributed by atoms with Crippen molar-refractivity contribution >= 4 is 17.5 Å². The van der Waals surface area contributed by atoms with Crippen LogP contribution in [0.5, 0.6) is 5.75 Å². The van der Waals surface area contributed by atoms with Crippen LogP contribution in [0.15, 0.2) is 24.3 Å². The molecule has 3 heterocycles. The fourth-order valence-electron chi connectivity index (χ4n) is 4.12. The number of aryl methyl sites for hydroxylation is 2. The first-order valence-electron chi connectivity index (χ1n) is 9.84. The molecule has 32 heavy (non-hydrogen) atoms. The summed E-state index contributed by atoms with van der Waals surface area (Å²) in [4.78, 5) is 14.9. The van der Waals surface area contributed by atoms with Crippen molar-refractivity contribution in [2.45, 2.75) is 25.6 Å². The zero-order valence-electron chi connectivity index (χ0n) is 17.9. The second-order valence-corrected chi connectivity index (χ2v) is 8.05. The number of ether oxygens (including phenoxy) is 1. The number of carbonyl (C=O) groups excluding carboxylic acids is 1. The predicted molar refractivity (Wildman–Crippen MR) is 112 cm³/mol. The van der Waals surface area contributed by atoms with Crippen molar-refractivity contribution in [3.63, 3.8) is 0 Å². The van der Waals surface area contributed by atoms with Gasteiger partial charge in [-0.25, -0.2) is 0 Å². The number of methoxy groups -OCH3 is 1. The summed E-state index contributed by atoms with van der Waals surface area (Å²) in [6, 6.07) is 5.49. The van der Waals surface area contributed by atoms with Crippen LogP contribution in [0.25, 0.3) is 11.4 Å². The summed E-state index contributed by atoms with van der Waals surface area (Å²) in [6.45, 7) is 2.21. The monoisotopic (exact) mass is 467 g/mol. The molecule has 1 unspecified atom stereocenters. The van der Waals surface area contributed by atoms with Gasteiger partial charge in [-0.2, -0.15) is 23.4 Å². The van der Waals surface area contributed by atoms with E-state index in [0.29, 0.717) is 41.4 Å². The number of rotatable bonds is 3. The zero-order valence-corrected chi connectivity index (χ0v) is 18.6. The topological polar surface area (TPSA) is 65.2 Å². The van der Waals surface area contributed by atoms with E-state index in [9.17, 15) is 18.0 Å². The number of fused-ring (bicyclic) bond motifs is 1. The van der Waals surface area contributed by atoms with Crippen molar-refractivity contribution in [1.29, 1.82) is 0 Å². The Bertz CT molecular complexity index is 1200. The van der Waals surface area contributed by atoms with Gasteiger partial charge < -0.3 is 9.64 Å². The maximum absolute atomic E-state index is 13.2. The van der Waals surface area contributed by atoms with E-state index in [0.717, 1.165) is 11.6 Å². The van der Waals surface area contributed by atoms with Crippen molar-refractivity contribution in [2.24, 2.45) is 14.1 Å². The van der Waals surface area contributed by atoms with E-state index < -0.39 is 11.9 Å². The van der Waals surface area contributed by atoms with E-state index in [2.05, 4.69) is 10.2 Å². The minimum atomic E-state index is -4.54. The van der Waals surface area contributed by atoms with E-state index in [1.165, 1.54) is 18.8 Å². The first-order valence-corrected chi connectivity index (χ1v) is 10.2. The van der Waals surface area contributed by atoms with Gasteiger partial charge in [-0.05, 0) is 37.6 Å². The molecule has 2 aromatic heterocycles. The Balaban J connectivity index is 1.69. The lowest BCUT2D eigenvalue weighted by atomic mass is 9.96. The number of nitrogens with zero attached hydrogens (tertiary/aromatic N) is 5. The Morgan fingerprint density at radius 1 is 1.19 bits per heavy atom. The van der Waals surface area contributed by atoms with Gasteiger partial charge in [0.15, 0.2) is 5.69 Å². The van der Waals surface area contributed by atoms with Gasteiger partial charge >= 0.3 is 6.18 Å².